The summed E-state index contributed by atoms with van der Waals surface area (Å²) in [6.45, 7) is 6.02. The number of hydrogen-bond acceptors (Lipinski definition) is 5. The molecule has 1 saturated heterocycles. The summed E-state index contributed by atoms with van der Waals surface area (Å²) >= 11 is 0. The molecule has 188 valence electrons. The lowest BCUT2D eigenvalue weighted by Gasteiger charge is -2.42. The summed E-state index contributed by atoms with van der Waals surface area (Å²) in [5.41, 5.74) is 2.42. The van der Waals surface area contributed by atoms with Crippen LogP contribution in [0, 0.1) is 5.82 Å². The van der Waals surface area contributed by atoms with Gasteiger partial charge in [0.2, 0.25) is 0 Å². The first-order chi connectivity index (χ1) is 16.7. The third kappa shape index (κ3) is 5.82. The molecule has 0 spiro atoms. The summed E-state index contributed by atoms with van der Waals surface area (Å²) < 4.78 is 30.6. The molecule has 2 heterocycles. The minimum Gasteiger partial charge on any atom is -0.444 e. The van der Waals surface area contributed by atoms with Gasteiger partial charge in [-0.05, 0) is 56.0 Å². The topological polar surface area (TPSA) is 77.1 Å². The zero-order chi connectivity index (χ0) is 25.2. The highest BCUT2D eigenvalue weighted by atomic mass is 19.1. The van der Waals surface area contributed by atoms with Crippen molar-refractivity contribution in [1.29, 1.82) is 0 Å². The monoisotopic (exact) mass is 484 g/mol. The molecule has 4 atom stereocenters. The van der Waals surface area contributed by atoms with Crippen LogP contribution in [0.15, 0.2) is 48.5 Å². The van der Waals surface area contributed by atoms with Crippen molar-refractivity contribution in [2.24, 2.45) is 0 Å². The summed E-state index contributed by atoms with van der Waals surface area (Å²) in [7, 11) is 1.56. The van der Waals surface area contributed by atoms with Crippen molar-refractivity contribution in [3.8, 4) is 0 Å². The van der Waals surface area contributed by atoms with Gasteiger partial charge in [-0.1, -0.05) is 36.4 Å². The third-order valence-electron chi connectivity index (χ3n) is 6.40. The summed E-state index contributed by atoms with van der Waals surface area (Å²) in [6, 6.07) is 13.5. The molecule has 0 aromatic heterocycles. The van der Waals surface area contributed by atoms with Gasteiger partial charge in [0.05, 0.1) is 24.8 Å². The summed E-state index contributed by atoms with van der Waals surface area (Å²) in [6.07, 6.45) is -0.661. The number of amides is 2. The van der Waals surface area contributed by atoms with Crippen LogP contribution in [0.1, 0.15) is 49.9 Å². The average Bonchev–Trinajstić information content (AvgIpc) is 2.82. The van der Waals surface area contributed by atoms with Crippen LogP contribution < -0.4 is 5.32 Å². The van der Waals surface area contributed by atoms with Crippen LogP contribution in [0.25, 0.3) is 0 Å². The van der Waals surface area contributed by atoms with Crippen LogP contribution in [-0.2, 0) is 25.4 Å². The van der Waals surface area contributed by atoms with Gasteiger partial charge in [0.1, 0.15) is 17.5 Å². The van der Waals surface area contributed by atoms with E-state index in [1.807, 2.05) is 23.1 Å². The Labute approximate surface area is 205 Å². The van der Waals surface area contributed by atoms with Crippen molar-refractivity contribution >= 4 is 12.0 Å². The number of nitrogens with one attached hydrogen (secondary N) is 1. The molecular weight excluding hydrogens is 451 g/mol. The van der Waals surface area contributed by atoms with Crippen molar-refractivity contribution in [3.63, 3.8) is 0 Å². The molecule has 0 saturated carbocycles. The Hall–Kier alpha value is -2.97. The van der Waals surface area contributed by atoms with Crippen LogP contribution in [-0.4, -0.2) is 61.0 Å². The number of ether oxygens (including phenoxy) is 3. The predicted molar refractivity (Wildman–Crippen MR) is 128 cm³/mol. The molecule has 1 N–H and O–H groups in total. The van der Waals surface area contributed by atoms with Gasteiger partial charge in [-0.15, -0.1) is 0 Å². The lowest BCUT2D eigenvalue weighted by atomic mass is 9.87. The smallest absolute Gasteiger partial charge is 0.408 e. The number of fused-ring (bicyclic) bond motifs is 1. The van der Waals surface area contributed by atoms with Gasteiger partial charge in [0, 0.05) is 20.1 Å². The molecule has 2 aliphatic rings. The number of benzene rings is 2. The van der Waals surface area contributed by atoms with Gasteiger partial charge in [-0.2, -0.15) is 0 Å². The van der Waals surface area contributed by atoms with E-state index >= 15 is 0 Å². The van der Waals surface area contributed by atoms with Gasteiger partial charge in [-0.3, -0.25) is 4.79 Å². The van der Waals surface area contributed by atoms with Crippen LogP contribution in [0.4, 0.5) is 9.18 Å². The van der Waals surface area contributed by atoms with Crippen LogP contribution in [0.5, 0.6) is 0 Å². The lowest BCUT2D eigenvalue weighted by molar-refractivity contribution is -0.156. The number of methoxy groups -OCH3 is 1. The highest BCUT2D eigenvalue weighted by Crippen LogP contribution is 2.36. The van der Waals surface area contributed by atoms with E-state index in [0.717, 1.165) is 17.5 Å². The SMILES string of the molecule is CO[C@H]1C[C@H](C(=O)N2CCc3ccccc3[C@@H]2c2ccc(F)cc2)OC[C@H]1NC(=O)OC(C)(C)C. The number of carbonyl (C=O) groups excluding carboxylic acids is 2. The Balaban J connectivity index is 1.52. The number of hydrogen-bond donors (Lipinski definition) is 1. The molecule has 0 aliphatic carbocycles. The minimum atomic E-state index is -0.718. The minimum absolute atomic E-state index is 0.125. The van der Waals surface area contributed by atoms with Crippen molar-refractivity contribution < 1.29 is 28.2 Å². The van der Waals surface area contributed by atoms with E-state index in [4.69, 9.17) is 14.2 Å². The molecule has 2 aromatic carbocycles. The molecule has 4 rings (SSSR count). The number of carbonyl (C=O) groups is 2. The predicted octanol–water partition coefficient (Wildman–Crippen LogP) is 4.00. The molecule has 0 bridgehead atoms. The van der Waals surface area contributed by atoms with Crippen LogP contribution in [0.3, 0.4) is 0 Å². The Kier molecular flexibility index (Phi) is 7.42. The highest BCUT2D eigenvalue weighted by Gasteiger charge is 2.41. The maximum Gasteiger partial charge on any atom is 0.408 e. The van der Waals surface area contributed by atoms with E-state index in [9.17, 15) is 14.0 Å². The van der Waals surface area contributed by atoms with Crippen molar-refractivity contribution in [1.82, 2.24) is 10.2 Å². The normalized spacial score (nSPS) is 24.4. The second-order valence-corrected chi connectivity index (χ2v) is 10.0. The fourth-order valence-corrected chi connectivity index (χ4v) is 4.79. The zero-order valence-corrected chi connectivity index (χ0v) is 20.6. The number of rotatable bonds is 4. The van der Waals surface area contributed by atoms with Crippen molar-refractivity contribution in [2.45, 2.75) is 63.5 Å². The fourth-order valence-electron chi connectivity index (χ4n) is 4.79. The Bertz CT molecular complexity index is 1050. The maximum absolute atomic E-state index is 13.8. The molecule has 7 nitrogen and oxygen atoms in total. The van der Waals surface area contributed by atoms with Crippen LogP contribution >= 0.6 is 0 Å². The summed E-state index contributed by atoms with van der Waals surface area (Å²) in [5.74, 6) is -0.468. The quantitative estimate of drug-likeness (QED) is 0.710. The molecule has 1 fully saturated rings. The summed E-state index contributed by atoms with van der Waals surface area (Å²) in [4.78, 5) is 27.8. The second-order valence-electron chi connectivity index (χ2n) is 10.0. The molecule has 2 aromatic rings. The van der Waals surface area contributed by atoms with E-state index in [1.165, 1.54) is 17.7 Å². The number of nitrogens with zero attached hydrogens (tertiary/aromatic N) is 1. The fraction of sp³-hybridized carbons (Fsp3) is 0.481. The average molecular weight is 485 g/mol. The Morgan fingerprint density at radius 3 is 2.51 bits per heavy atom. The van der Waals surface area contributed by atoms with E-state index in [-0.39, 0.29) is 24.4 Å². The molecule has 0 radical (unpaired) electrons. The first kappa shape index (κ1) is 25.1. The molecule has 35 heavy (non-hydrogen) atoms. The highest BCUT2D eigenvalue weighted by molar-refractivity contribution is 5.82. The maximum atomic E-state index is 13.8. The first-order valence-corrected chi connectivity index (χ1v) is 11.9. The third-order valence-corrected chi connectivity index (χ3v) is 6.40. The van der Waals surface area contributed by atoms with Crippen molar-refractivity contribution in [2.75, 3.05) is 20.3 Å². The molecule has 8 heteroatoms. The molecule has 0 unspecified atom stereocenters. The van der Waals surface area contributed by atoms with Gasteiger partial charge >= 0.3 is 6.09 Å². The standard InChI is InChI=1S/C27H33FN2O5/c1-27(2,3)35-26(32)29-21-16-34-23(15-22(21)33-4)25(31)30-14-13-17-7-5-6-8-20(17)24(30)18-9-11-19(28)12-10-18/h5-12,21-24H,13-16H2,1-4H3,(H,29,32)/t21-,22+,23-,24+/m1/s1. The van der Waals surface area contributed by atoms with Crippen LogP contribution in [0.2, 0.25) is 0 Å². The zero-order valence-electron chi connectivity index (χ0n) is 20.6. The number of halogens is 1. The van der Waals surface area contributed by atoms with Gasteiger partial charge in [0.15, 0.2) is 0 Å². The van der Waals surface area contributed by atoms with Gasteiger partial charge in [-0.25, -0.2) is 9.18 Å². The lowest BCUT2D eigenvalue weighted by Crippen LogP contribution is -2.56. The molecular formula is C27H33FN2O5. The van der Waals surface area contributed by atoms with Crippen molar-refractivity contribution in [3.05, 3.63) is 71.0 Å². The molecule has 2 amide bonds. The molecule has 2 aliphatic heterocycles. The second kappa shape index (κ2) is 10.3. The van der Waals surface area contributed by atoms with Gasteiger partial charge < -0.3 is 24.4 Å². The van der Waals surface area contributed by atoms with Gasteiger partial charge in [0.25, 0.3) is 5.91 Å². The largest absolute Gasteiger partial charge is 0.444 e. The Morgan fingerprint density at radius 2 is 1.83 bits per heavy atom. The van der Waals surface area contributed by atoms with E-state index in [0.29, 0.717) is 13.0 Å². The van der Waals surface area contributed by atoms with E-state index in [1.54, 1.807) is 40.0 Å². The van der Waals surface area contributed by atoms with E-state index in [2.05, 4.69) is 11.4 Å². The van der Waals surface area contributed by atoms with E-state index < -0.39 is 29.9 Å². The Morgan fingerprint density at radius 1 is 1.11 bits per heavy atom. The summed E-state index contributed by atoms with van der Waals surface area (Å²) in [5, 5.41) is 2.80. The first-order valence-electron chi connectivity index (χ1n) is 11.9. The number of alkyl carbamates (subject to hydrolysis) is 1.